The van der Waals surface area contributed by atoms with E-state index in [0.717, 1.165) is 10.5 Å². The normalized spacial score (nSPS) is 19.5. The molecule has 1 aromatic rings. The van der Waals surface area contributed by atoms with Gasteiger partial charge < -0.3 is 10.2 Å². The number of piperazine rings is 1. The minimum Gasteiger partial charge on any atom is -0.330 e. The number of aromatic nitrogens is 1. The first-order valence-corrected chi connectivity index (χ1v) is 7.99. The zero-order valence-corrected chi connectivity index (χ0v) is 13.9. The summed E-state index contributed by atoms with van der Waals surface area (Å²) in [7, 11) is 0. The maximum atomic E-state index is 12.7. The van der Waals surface area contributed by atoms with Crippen molar-refractivity contribution >= 4 is 5.91 Å². The molecule has 1 aliphatic rings. The second-order valence-corrected chi connectivity index (χ2v) is 6.21. The van der Waals surface area contributed by atoms with Gasteiger partial charge in [0.15, 0.2) is 0 Å². The van der Waals surface area contributed by atoms with Gasteiger partial charge in [-0.05, 0) is 25.5 Å². The molecule has 1 unspecified atom stereocenters. The summed E-state index contributed by atoms with van der Waals surface area (Å²) in [5.74, 6) is -0.502. The average molecular weight is 344 g/mol. The molecule has 2 heterocycles. The molecule has 1 aromatic heterocycles. The van der Waals surface area contributed by atoms with Crippen LogP contribution in [0.15, 0.2) is 24.5 Å². The van der Waals surface area contributed by atoms with E-state index in [-0.39, 0.29) is 12.6 Å². The molecule has 1 aliphatic heterocycles. The fraction of sp³-hybridized carbons (Fsp3) is 0.625. The van der Waals surface area contributed by atoms with Crippen molar-refractivity contribution in [1.29, 1.82) is 0 Å². The molecule has 5 nitrogen and oxygen atoms in total. The third-order valence-corrected chi connectivity index (χ3v) is 4.06. The highest BCUT2D eigenvalue weighted by Crippen LogP contribution is 2.23. The lowest BCUT2D eigenvalue weighted by molar-refractivity contribution is -0.165. The summed E-state index contributed by atoms with van der Waals surface area (Å²) < 4.78 is 38.2. The Balaban J connectivity index is 2.09. The highest BCUT2D eigenvalue weighted by molar-refractivity contribution is 5.78. The van der Waals surface area contributed by atoms with Crippen LogP contribution in [0, 0.1) is 0 Å². The van der Waals surface area contributed by atoms with Crippen molar-refractivity contribution in [2.45, 2.75) is 32.1 Å². The first-order chi connectivity index (χ1) is 11.3. The summed E-state index contributed by atoms with van der Waals surface area (Å²) in [6, 6.07) is 3.15. The van der Waals surface area contributed by atoms with Gasteiger partial charge in [-0.1, -0.05) is 6.07 Å². The molecule has 0 radical (unpaired) electrons. The summed E-state index contributed by atoms with van der Waals surface area (Å²) in [6.07, 6.45) is -1.00. The first kappa shape index (κ1) is 18.7. The standard InChI is InChI=1S/C16H23F3N4O/c1-12(2)23(11-16(17,18)19)15(24)10-22-7-6-21-9-14(22)13-4-3-5-20-8-13/h3-5,8,12,14,21H,6-7,9-11H2,1-2H3. The molecule has 1 fully saturated rings. The lowest BCUT2D eigenvalue weighted by atomic mass is 10.1. The maximum Gasteiger partial charge on any atom is 0.406 e. The van der Waals surface area contributed by atoms with Crippen LogP contribution < -0.4 is 5.32 Å². The Morgan fingerprint density at radius 1 is 1.50 bits per heavy atom. The number of alkyl halides is 3. The third kappa shape index (κ3) is 5.17. The van der Waals surface area contributed by atoms with Gasteiger partial charge in [0.25, 0.3) is 0 Å². The van der Waals surface area contributed by atoms with E-state index in [9.17, 15) is 18.0 Å². The SMILES string of the molecule is CC(C)N(CC(F)(F)F)C(=O)CN1CCNCC1c1cccnc1. The molecule has 0 saturated carbocycles. The molecule has 1 saturated heterocycles. The highest BCUT2D eigenvalue weighted by Gasteiger charge is 2.35. The molecular formula is C16H23F3N4O. The molecule has 1 amide bonds. The topological polar surface area (TPSA) is 48.5 Å². The highest BCUT2D eigenvalue weighted by atomic mass is 19.4. The second-order valence-electron chi connectivity index (χ2n) is 6.21. The zero-order valence-electron chi connectivity index (χ0n) is 13.9. The fourth-order valence-electron chi connectivity index (χ4n) is 2.85. The number of pyridine rings is 1. The molecule has 8 heteroatoms. The molecular weight excluding hydrogens is 321 g/mol. The van der Waals surface area contributed by atoms with E-state index in [4.69, 9.17) is 0 Å². The van der Waals surface area contributed by atoms with E-state index in [0.29, 0.717) is 19.6 Å². The van der Waals surface area contributed by atoms with E-state index in [2.05, 4.69) is 10.3 Å². The number of carbonyl (C=O) groups excluding carboxylic acids is 1. The van der Waals surface area contributed by atoms with Crippen LogP contribution in [0.4, 0.5) is 13.2 Å². The van der Waals surface area contributed by atoms with Gasteiger partial charge in [0.05, 0.1) is 6.54 Å². The lowest BCUT2D eigenvalue weighted by Crippen LogP contribution is -2.52. The number of amides is 1. The Morgan fingerprint density at radius 2 is 2.25 bits per heavy atom. The van der Waals surface area contributed by atoms with Gasteiger partial charge >= 0.3 is 6.18 Å². The van der Waals surface area contributed by atoms with Crippen molar-refractivity contribution in [1.82, 2.24) is 20.1 Å². The van der Waals surface area contributed by atoms with Crippen LogP contribution in [0.1, 0.15) is 25.5 Å². The molecule has 0 spiro atoms. The van der Waals surface area contributed by atoms with Gasteiger partial charge in [-0.25, -0.2) is 0 Å². The fourth-order valence-corrected chi connectivity index (χ4v) is 2.85. The van der Waals surface area contributed by atoms with Gasteiger partial charge in [-0.3, -0.25) is 14.7 Å². The van der Waals surface area contributed by atoms with E-state index in [1.54, 1.807) is 26.2 Å². The molecule has 2 rings (SSSR count). The van der Waals surface area contributed by atoms with Crippen LogP contribution in [0.25, 0.3) is 0 Å². The van der Waals surface area contributed by atoms with Gasteiger partial charge in [-0.2, -0.15) is 13.2 Å². The van der Waals surface area contributed by atoms with E-state index in [1.165, 1.54) is 0 Å². The summed E-state index contributed by atoms with van der Waals surface area (Å²) in [4.78, 5) is 19.4. The summed E-state index contributed by atoms with van der Waals surface area (Å²) in [5, 5.41) is 3.25. The van der Waals surface area contributed by atoms with Crippen molar-refractivity contribution in [3.05, 3.63) is 30.1 Å². The van der Waals surface area contributed by atoms with Crippen LogP contribution in [-0.2, 0) is 4.79 Å². The number of rotatable bonds is 5. The van der Waals surface area contributed by atoms with Gasteiger partial charge in [-0.15, -0.1) is 0 Å². The largest absolute Gasteiger partial charge is 0.406 e. The quantitative estimate of drug-likeness (QED) is 0.885. The Kier molecular flexibility index (Phi) is 6.17. The predicted octanol–water partition coefficient (Wildman–Crippen LogP) is 1.83. The van der Waals surface area contributed by atoms with Crippen LogP contribution in [0.5, 0.6) is 0 Å². The molecule has 0 bridgehead atoms. The second kappa shape index (κ2) is 7.94. The Labute approximate surface area is 139 Å². The van der Waals surface area contributed by atoms with Crippen molar-refractivity contribution in [3.63, 3.8) is 0 Å². The maximum absolute atomic E-state index is 12.7. The van der Waals surface area contributed by atoms with Gasteiger partial charge in [0.2, 0.25) is 5.91 Å². The van der Waals surface area contributed by atoms with Crippen molar-refractivity contribution < 1.29 is 18.0 Å². The summed E-state index contributed by atoms with van der Waals surface area (Å²) >= 11 is 0. The molecule has 1 N–H and O–H groups in total. The molecule has 0 aromatic carbocycles. The Morgan fingerprint density at radius 3 is 2.83 bits per heavy atom. The molecule has 1 atom stereocenters. The Bertz CT molecular complexity index is 536. The third-order valence-electron chi connectivity index (χ3n) is 4.06. The number of nitrogens with zero attached hydrogens (tertiary/aromatic N) is 3. The molecule has 24 heavy (non-hydrogen) atoms. The first-order valence-electron chi connectivity index (χ1n) is 7.99. The summed E-state index contributed by atoms with van der Waals surface area (Å²) in [6.45, 7) is 3.89. The summed E-state index contributed by atoms with van der Waals surface area (Å²) in [5.41, 5.74) is 0.949. The van der Waals surface area contributed by atoms with Crippen molar-refractivity contribution in [2.24, 2.45) is 0 Å². The van der Waals surface area contributed by atoms with Crippen LogP contribution in [-0.4, -0.2) is 65.6 Å². The van der Waals surface area contributed by atoms with E-state index < -0.39 is 24.7 Å². The minimum absolute atomic E-state index is 0.0322. The van der Waals surface area contributed by atoms with Crippen LogP contribution in [0.2, 0.25) is 0 Å². The molecule has 134 valence electrons. The average Bonchev–Trinajstić information content (AvgIpc) is 2.53. The number of carbonyl (C=O) groups is 1. The lowest BCUT2D eigenvalue weighted by Gasteiger charge is -2.37. The van der Waals surface area contributed by atoms with Crippen molar-refractivity contribution in [2.75, 3.05) is 32.7 Å². The minimum atomic E-state index is -4.40. The van der Waals surface area contributed by atoms with Crippen LogP contribution in [0.3, 0.4) is 0 Å². The smallest absolute Gasteiger partial charge is 0.330 e. The monoisotopic (exact) mass is 344 g/mol. The number of halogens is 3. The zero-order chi connectivity index (χ0) is 17.7. The Hall–Kier alpha value is -1.67. The predicted molar refractivity (Wildman–Crippen MR) is 84.3 cm³/mol. The number of nitrogens with one attached hydrogen (secondary N) is 1. The van der Waals surface area contributed by atoms with E-state index in [1.807, 2.05) is 17.0 Å². The van der Waals surface area contributed by atoms with Gasteiger partial charge in [0.1, 0.15) is 6.54 Å². The van der Waals surface area contributed by atoms with Crippen molar-refractivity contribution in [3.8, 4) is 0 Å². The van der Waals surface area contributed by atoms with Gasteiger partial charge in [0, 0.05) is 44.1 Å². The number of hydrogen-bond donors (Lipinski definition) is 1. The van der Waals surface area contributed by atoms with Crippen LogP contribution >= 0.6 is 0 Å². The molecule has 0 aliphatic carbocycles. The number of hydrogen-bond acceptors (Lipinski definition) is 4. The van der Waals surface area contributed by atoms with E-state index >= 15 is 0 Å².